The molecule has 8 nitrogen and oxygen atoms in total. The Morgan fingerprint density at radius 3 is 2.69 bits per heavy atom. The molecule has 1 amide bonds. The van der Waals surface area contributed by atoms with Crippen LogP contribution in [-0.2, 0) is 11.2 Å². The monoisotopic (exact) mass is 598 g/mol. The molecule has 2 atom stereocenters. The molecule has 0 radical (unpaired) electrons. The number of morpholine rings is 1. The number of hydrogen-bond donors (Lipinski definition) is 0. The van der Waals surface area contributed by atoms with Gasteiger partial charge in [-0.05, 0) is 46.6 Å². The van der Waals surface area contributed by atoms with Crippen LogP contribution in [0.3, 0.4) is 0 Å². The summed E-state index contributed by atoms with van der Waals surface area (Å²) in [6.45, 7) is 3.60. The normalized spacial score (nSPS) is 16.9. The fourth-order valence-electron chi connectivity index (χ4n) is 4.20. The second-order valence-corrected chi connectivity index (χ2v) is 10.2. The van der Waals surface area contributed by atoms with Crippen molar-refractivity contribution in [3.8, 4) is 5.69 Å². The Kier molecular flexibility index (Phi) is 7.12. The first-order valence-corrected chi connectivity index (χ1v) is 12.9. The van der Waals surface area contributed by atoms with Crippen molar-refractivity contribution in [2.75, 3.05) is 19.7 Å². The van der Waals surface area contributed by atoms with Gasteiger partial charge < -0.3 is 9.64 Å². The van der Waals surface area contributed by atoms with E-state index in [-0.39, 0.29) is 18.1 Å². The number of halogens is 2. The second-order valence-electron chi connectivity index (χ2n) is 8.46. The number of ether oxygens (including phenoxy) is 1. The van der Waals surface area contributed by atoms with E-state index in [9.17, 15) is 4.79 Å². The lowest BCUT2D eigenvalue weighted by Crippen LogP contribution is -2.46. The van der Waals surface area contributed by atoms with Gasteiger partial charge in [-0.3, -0.25) is 4.79 Å². The number of carbonyl (C=O) groups excluding carboxylic acids is 1. The molecule has 35 heavy (non-hydrogen) atoms. The number of para-hydroxylation sites is 1. The van der Waals surface area contributed by atoms with E-state index in [0.29, 0.717) is 31.7 Å². The molecule has 0 bridgehead atoms. The maximum atomic E-state index is 13.2. The van der Waals surface area contributed by atoms with Gasteiger partial charge in [-0.2, -0.15) is 5.10 Å². The van der Waals surface area contributed by atoms with Crippen molar-refractivity contribution in [3.63, 3.8) is 0 Å². The van der Waals surface area contributed by atoms with E-state index in [2.05, 4.69) is 60.3 Å². The van der Waals surface area contributed by atoms with E-state index in [0.717, 1.165) is 25.9 Å². The zero-order valence-electron chi connectivity index (χ0n) is 19.1. The molecule has 4 aromatic rings. The van der Waals surface area contributed by atoms with Gasteiger partial charge in [-0.1, -0.05) is 51.5 Å². The third-order valence-corrected chi connectivity index (χ3v) is 7.49. The quantitative estimate of drug-likeness (QED) is 0.322. The highest BCUT2D eigenvalue weighted by atomic mass is 79.9. The summed E-state index contributed by atoms with van der Waals surface area (Å²) in [5.74, 6) is -0.0530. The molecule has 10 heteroatoms. The summed E-state index contributed by atoms with van der Waals surface area (Å²) in [6, 6.07) is 15.9. The molecule has 1 saturated heterocycles. The Bertz CT molecular complexity index is 1340. The zero-order valence-corrected chi connectivity index (χ0v) is 22.3. The third-order valence-electron chi connectivity index (χ3n) is 6.10. The number of nitrogens with zero attached hydrogens (tertiary/aromatic N) is 6. The van der Waals surface area contributed by atoms with E-state index in [1.165, 1.54) is 0 Å². The molecule has 1 unspecified atom stereocenters. The topological polar surface area (TPSA) is 78.1 Å². The molecule has 1 fully saturated rings. The van der Waals surface area contributed by atoms with Crippen LogP contribution >= 0.6 is 31.9 Å². The van der Waals surface area contributed by atoms with Crippen molar-refractivity contribution < 1.29 is 9.53 Å². The summed E-state index contributed by atoms with van der Waals surface area (Å²) >= 11 is 7.15. The fourth-order valence-corrected chi connectivity index (χ4v) is 5.28. The van der Waals surface area contributed by atoms with Gasteiger partial charge in [0.15, 0.2) is 0 Å². The molecule has 1 aliphatic rings. The van der Waals surface area contributed by atoms with Crippen LogP contribution < -0.4 is 0 Å². The van der Waals surface area contributed by atoms with Crippen LogP contribution in [0.15, 0.2) is 76.1 Å². The highest BCUT2D eigenvalue weighted by Gasteiger charge is 2.27. The minimum Gasteiger partial charge on any atom is -0.374 e. The lowest BCUT2D eigenvalue weighted by molar-refractivity contribution is -0.0212. The summed E-state index contributed by atoms with van der Waals surface area (Å²) in [4.78, 5) is 15.0. The fraction of sp³-hybridized carbons (Fsp3) is 0.280. The average Bonchev–Trinajstić information content (AvgIpc) is 3.54. The van der Waals surface area contributed by atoms with Crippen LogP contribution in [0.25, 0.3) is 5.69 Å². The number of aromatic nitrogens is 5. The molecule has 0 saturated carbocycles. The molecule has 0 N–H and O–H groups in total. The molecular weight excluding hydrogens is 576 g/mol. The van der Waals surface area contributed by atoms with Gasteiger partial charge >= 0.3 is 0 Å². The first-order chi connectivity index (χ1) is 17.0. The van der Waals surface area contributed by atoms with Crippen LogP contribution in [0.2, 0.25) is 0 Å². The van der Waals surface area contributed by atoms with Crippen molar-refractivity contribution in [1.82, 2.24) is 29.7 Å². The van der Waals surface area contributed by atoms with Crippen molar-refractivity contribution in [2.24, 2.45) is 0 Å². The highest BCUT2D eigenvalue weighted by Crippen LogP contribution is 2.26. The SMILES string of the molecule is C[C@H](c1ccccc1Br)n1cc(CC2CN(C(=O)c3cnn(-c4ccccc4Br)c3)CCO2)nn1. The van der Waals surface area contributed by atoms with Crippen molar-refractivity contribution in [3.05, 3.63) is 92.9 Å². The Morgan fingerprint density at radius 1 is 1.11 bits per heavy atom. The molecular formula is C25H24Br2N6O2. The van der Waals surface area contributed by atoms with Gasteiger partial charge in [0.1, 0.15) is 0 Å². The summed E-state index contributed by atoms with van der Waals surface area (Å²) < 4.78 is 11.5. The molecule has 2 aromatic carbocycles. The molecule has 0 spiro atoms. The summed E-state index contributed by atoms with van der Waals surface area (Å²) in [5.41, 5.74) is 3.41. The first kappa shape index (κ1) is 23.9. The van der Waals surface area contributed by atoms with Crippen LogP contribution in [-0.4, -0.2) is 61.4 Å². The van der Waals surface area contributed by atoms with E-state index < -0.39 is 0 Å². The lowest BCUT2D eigenvalue weighted by Gasteiger charge is -2.32. The molecule has 2 aromatic heterocycles. The minimum absolute atomic E-state index is 0.0402. The Hall–Kier alpha value is -2.82. The summed E-state index contributed by atoms with van der Waals surface area (Å²) in [5, 5.41) is 13.1. The highest BCUT2D eigenvalue weighted by molar-refractivity contribution is 9.10. The summed E-state index contributed by atoms with van der Waals surface area (Å²) in [7, 11) is 0. The van der Waals surface area contributed by atoms with Crippen molar-refractivity contribution in [1.29, 1.82) is 0 Å². The first-order valence-electron chi connectivity index (χ1n) is 11.3. The van der Waals surface area contributed by atoms with Gasteiger partial charge in [0.2, 0.25) is 0 Å². The number of rotatable bonds is 6. The predicted molar refractivity (Wildman–Crippen MR) is 139 cm³/mol. The Morgan fingerprint density at radius 2 is 1.89 bits per heavy atom. The lowest BCUT2D eigenvalue weighted by atomic mass is 10.1. The zero-order chi connectivity index (χ0) is 24.4. The van der Waals surface area contributed by atoms with Crippen LogP contribution in [0.4, 0.5) is 0 Å². The molecule has 180 valence electrons. The number of hydrogen-bond acceptors (Lipinski definition) is 5. The van der Waals surface area contributed by atoms with Gasteiger partial charge in [0.25, 0.3) is 5.91 Å². The van der Waals surface area contributed by atoms with Crippen LogP contribution in [0.5, 0.6) is 0 Å². The number of benzene rings is 2. The third kappa shape index (κ3) is 5.24. The molecule has 5 rings (SSSR count). The maximum Gasteiger partial charge on any atom is 0.257 e. The minimum atomic E-state index is -0.144. The van der Waals surface area contributed by atoms with E-state index in [4.69, 9.17) is 4.74 Å². The van der Waals surface area contributed by atoms with E-state index in [1.807, 2.05) is 58.2 Å². The Labute approximate surface area is 220 Å². The Balaban J connectivity index is 1.24. The summed E-state index contributed by atoms with van der Waals surface area (Å²) in [6.07, 6.45) is 5.77. The van der Waals surface area contributed by atoms with Gasteiger partial charge in [-0.25, -0.2) is 9.36 Å². The van der Waals surface area contributed by atoms with Gasteiger partial charge in [0, 0.05) is 40.8 Å². The second kappa shape index (κ2) is 10.4. The average molecular weight is 600 g/mol. The maximum absolute atomic E-state index is 13.2. The predicted octanol–water partition coefficient (Wildman–Crippen LogP) is 4.68. The van der Waals surface area contributed by atoms with Crippen molar-refractivity contribution in [2.45, 2.75) is 25.5 Å². The number of amides is 1. The molecule has 1 aliphatic heterocycles. The van der Waals surface area contributed by atoms with Crippen molar-refractivity contribution >= 4 is 37.8 Å². The van der Waals surface area contributed by atoms with Crippen LogP contribution in [0.1, 0.15) is 34.6 Å². The van der Waals surface area contributed by atoms with E-state index in [1.54, 1.807) is 17.1 Å². The van der Waals surface area contributed by atoms with Gasteiger partial charge in [-0.15, -0.1) is 5.10 Å². The van der Waals surface area contributed by atoms with E-state index >= 15 is 0 Å². The smallest absolute Gasteiger partial charge is 0.257 e. The largest absolute Gasteiger partial charge is 0.374 e. The van der Waals surface area contributed by atoms with Crippen LogP contribution in [0, 0.1) is 0 Å². The molecule has 3 heterocycles. The standard InChI is InChI=1S/C25H24Br2N6O2/c1-17(21-6-2-3-7-22(21)26)32-15-19(29-30-32)12-20-16-31(10-11-35-20)25(34)18-13-28-33(14-18)24-9-5-4-8-23(24)27/h2-9,13-15,17,20H,10-12,16H2,1H3/t17-,20?/m1/s1. The molecule has 0 aliphatic carbocycles. The number of carbonyl (C=O) groups is 1. The van der Waals surface area contributed by atoms with Gasteiger partial charge in [0.05, 0.1) is 41.9 Å².